The fourth-order valence-corrected chi connectivity index (χ4v) is 1.10. The van der Waals surface area contributed by atoms with Crippen LogP contribution in [0.4, 0.5) is 4.39 Å². The molecule has 0 atom stereocenters. The van der Waals surface area contributed by atoms with Gasteiger partial charge in [-0.25, -0.2) is 9.07 Å². The number of aromatic nitrogens is 4. The van der Waals surface area contributed by atoms with E-state index in [9.17, 15) is 9.18 Å². The van der Waals surface area contributed by atoms with Gasteiger partial charge in [0.2, 0.25) is 0 Å². The molecule has 0 saturated carbocycles. The van der Waals surface area contributed by atoms with Crippen molar-refractivity contribution in [3.8, 4) is 0 Å². The molecule has 0 aliphatic carbocycles. The van der Waals surface area contributed by atoms with Crippen molar-refractivity contribution in [2.45, 2.75) is 38.9 Å². The highest BCUT2D eigenvalue weighted by atomic mass is 19.1. The summed E-state index contributed by atoms with van der Waals surface area (Å²) in [5, 5.41) is 19.1. The Hall–Kier alpha value is -1.53. The lowest BCUT2D eigenvalue weighted by atomic mass is 10.2. The normalized spacial score (nSPS) is 11.7. The molecule has 0 radical (unpaired) electrons. The summed E-state index contributed by atoms with van der Waals surface area (Å²) >= 11 is 0. The molecule has 0 aromatic carbocycles. The highest BCUT2D eigenvalue weighted by Gasteiger charge is 2.19. The van der Waals surface area contributed by atoms with Gasteiger partial charge in [0.15, 0.2) is 5.82 Å². The van der Waals surface area contributed by atoms with Gasteiger partial charge >= 0.3 is 5.97 Å². The number of carboxylic acids is 1. The molecule has 0 bridgehead atoms. The van der Waals surface area contributed by atoms with Gasteiger partial charge in [-0.2, -0.15) is 0 Å². The predicted molar refractivity (Wildman–Crippen MR) is 49.0 cm³/mol. The van der Waals surface area contributed by atoms with Gasteiger partial charge in [0.05, 0.1) is 13.0 Å². The molecule has 84 valence electrons. The lowest BCUT2D eigenvalue weighted by Gasteiger charge is -2.13. The topological polar surface area (TPSA) is 80.9 Å². The Morgan fingerprint density at radius 2 is 2.27 bits per heavy atom. The van der Waals surface area contributed by atoms with Crippen molar-refractivity contribution in [2.24, 2.45) is 0 Å². The lowest BCUT2D eigenvalue weighted by molar-refractivity contribution is -0.137. The molecule has 0 aliphatic heterocycles. The Morgan fingerprint density at radius 3 is 2.80 bits per heavy atom. The van der Waals surface area contributed by atoms with Gasteiger partial charge in [-0.15, -0.1) is 5.10 Å². The van der Waals surface area contributed by atoms with Crippen LogP contribution in [0.15, 0.2) is 0 Å². The van der Waals surface area contributed by atoms with E-state index in [1.165, 1.54) is 18.5 Å². The summed E-state index contributed by atoms with van der Waals surface area (Å²) in [5.41, 5.74) is -1.42. The molecule has 1 aromatic rings. The van der Waals surface area contributed by atoms with E-state index >= 15 is 0 Å². The van der Waals surface area contributed by atoms with E-state index < -0.39 is 11.6 Å². The van der Waals surface area contributed by atoms with Gasteiger partial charge in [-0.05, 0) is 24.3 Å². The van der Waals surface area contributed by atoms with Crippen molar-refractivity contribution < 1.29 is 14.3 Å². The standard InChI is InChI=1S/C8H13FN4O2/c1-8(2,9)5-13-6(10-11-12-13)3-4-7(14)15/h3-5H2,1-2H3,(H,14,15). The Bertz CT molecular complexity index is 345. The summed E-state index contributed by atoms with van der Waals surface area (Å²) in [5.74, 6) is -0.535. The van der Waals surface area contributed by atoms with Gasteiger partial charge in [-0.3, -0.25) is 4.79 Å². The van der Waals surface area contributed by atoms with E-state index in [0.29, 0.717) is 5.82 Å². The molecule has 0 spiro atoms. The molecule has 6 nitrogen and oxygen atoms in total. The lowest BCUT2D eigenvalue weighted by Crippen LogP contribution is -2.23. The van der Waals surface area contributed by atoms with Crippen LogP contribution in [-0.4, -0.2) is 37.0 Å². The summed E-state index contributed by atoms with van der Waals surface area (Å²) in [7, 11) is 0. The van der Waals surface area contributed by atoms with Crippen LogP contribution >= 0.6 is 0 Å². The zero-order valence-corrected chi connectivity index (χ0v) is 8.64. The van der Waals surface area contributed by atoms with Crippen LogP contribution in [0, 0.1) is 0 Å². The van der Waals surface area contributed by atoms with Crippen LogP contribution in [0.2, 0.25) is 0 Å². The number of hydrogen-bond donors (Lipinski definition) is 1. The first-order chi connectivity index (χ1) is 6.88. The number of carboxylic acid groups (broad SMARTS) is 1. The molecule has 15 heavy (non-hydrogen) atoms. The first-order valence-corrected chi connectivity index (χ1v) is 4.54. The average molecular weight is 216 g/mol. The van der Waals surface area contributed by atoms with Crippen molar-refractivity contribution in [1.82, 2.24) is 20.2 Å². The third-order valence-corrected chi connectivity index (χ3v) is 1.69. The minimum absolute atomic E-state index is 0.0228. The van der Waals surface area contributed by atoms with Crippen molar-refractivity contribution in [1.29, 1.82) is 0 Å². The maximum absolute atomic E-state index is 13.3. The summed E-state index contributed by atoms with van der Waals surface area (Å²) in [4.78, 5) is 10.3. The molecular weight excluding hydrogens is 203 g/mol. The SMILES string of the molecule is CC(C)(F)Cn1nnnc1CCC(=O)O. The molecule has 0 amide bonds. The number of halogens is 1. The number of aliphatic carboxylic acids is 1. The quantitative estimate of drug-likeness (QED) is 0.772. The molecule has 1 rings (SSSR count). The highest BCUT2D eigenvalue weighted by molar-refractivity contribution is 5.66. The molecule has 0 saturated heterocycles. The van der Waals surface area contributed by atoms with Crippen LogP contribution in [0.3, 0.4) is 0 Å². The zero-order valence-electron chi connectivity index (χ0n) is 8.64. The number of tetrazole rings is 1. The second-order valence-electron chi connectivity index (χ2n) is 3.87. The fourth-order valence-electron chi connectivity index (χ4n) is 1.10. The zero-order chi connectivity index (χ0) is 11.5. The van der Waals surface area contributed by atoms with Crippen molar-refractivity contribution >= 4 is 5.97 Å². The van der Waals surface area contributed by atoms with Crippen LogP contribution in [0.1, 0.15) is 26.1 Å². The van der Waals surface area contributed by atoms with Gasteiger partial charge in [-0.1, -0.05) is 0 Å². The Morgan fingerprint density at radius 1 is 1.60 bits per heavy atom. The molecule has 0 unspecified atom stereocenters. The first-order valence-electron chi connectivity index (χ1n) is 4.54. The summed E-state index contributed by atoms with van der Waals surface area (Å²) in [6.07, 6.45) is 0.144. The van der Waals surface area contributed by atoms with Crippen molar-refractivity contribution in [2.75, 3.05) is 0 Å². The monoisotopic (exact) mass is 216 g/mol. The molecule has 0 fully saturated rings. The third kappa shape index (κ3) is 4.01. The second kappa shape index (κ2) is 4.33. The van der Waals surface area contributed by atoms with Gasteiger partial charge in [0.1, 0.15) is 5.67 Å². The number of rotatable bonds is 5. The number of hydrogen-bond acceptors (Lipinski definition) is 4. The number of carbonyl (C=O) groups is 1. The second-order valence-corrected chi connectivity index (χ2v) is 3.87. The molecular formula is C8H13FN4O2. The van der Waals surface area contributed by atoms with Crippen LogP contribution in [0.5, 0.6) is 0 Å². The first kappa shape index (κ1) is 11.5. The molecule has 7 heteroatoms. The maximum Gasteiger partial charge on any atom is 0.303 e. The minimum Gasteiger partial charge on any atom is -0.481 e. The smallest absolute Gasteiger partial charge is 0.303 e. The number of aryl methyl sites for hydroxylation is 1. The largest absolute Gasteiger partial charge is 0.481 e. The summed E-state index contributed by atoms with van der Waals surface area (Å²) in [6, 6.07) is 0. The van der Waals surface area contributed by atoms with E-state index in [1.54, 1.807) is 0 Å². The number of nitrogens with zero attached hydrogens (tertiary/aromatic N) is 4. The van der Waals surface area contributed by atoms with E-state index in [0.717, 1.165) is 0 Å². The average Bonchev–Trinajstić information content (AvgIpc) is 2.45. The molecule has 0 aliphatic rings. The van der Waals surface area contributed by atoms with E-state index in [1.807, 2.05) is 0 Å². The fraction of sp³-hybridized carbons (Fsp3) is 0.750. The van der Waals surface area contributed by atoms with Crippen LogP contribution in [0.25, 0.3) is 0 Å². The van der Waals surface area contributed by atoms with Crippen LogP contribution < -0.4 is 0 Å². The summed E-state index contributed by atoms with van der Waals surface area (Å²) in [6.45, 7) is 2.85. The Labute approximate surface area is 86.1 Å². The molecule has 1 aromatic heterocycles. The summed E-state index contributed by atoms with van der Waals surface area (Å²) < 4.78 is 14.6. The van der Waals surface area contributed by atoms with Crippen molar-refractivity contribution in [3.05, 3.63) is 5.82 Å². The van der Waals surface area contributed by atoms with Crippen LogP contribution in [-0.2, 0) is 17.8 Å². The van der Waals surface area contributed by atoms with E-state index in [4.69, 9.17) is 5.11 Å². The van der Waals surface area contributed by atoms with Crippen molar-refractivity contribution in [3.63, 3.8) is 0 Å². The highest BCUT2D eigenvalue weighted by Crippen LogP contribution is 2.12. The molecule has 1 N–H and O–H groups in total. The van der Waals surface area contributed by atoms with Gasteiger partial charge in [0.25, 0.3) is 0 Å². The molecule has 1 heterocycles. The maximum atomic E-state index is 13.3. The third-order valence-electron chi connectivity index (χ3n) is 1.69. The van der Waals surface area contributed by atoms with Gasteiger partial charge in [0, 0.05) is 6.42 Å². The minimum atomic E-state index is -1.42. The van der Waals surface area contributed by atoms with E-state index in [-0.39, 0.29) is 19.4 Å². The Balaban J connectivity index is 2.65. The predicted octanol–water partition coefficient (Wildman–Crippen LogP) is 0.438. The number of alkyl halides is 1. The Kier molecular flexibility index (Phi) is 3.33. The van der Waals surface area contributed by atoms with E-state index in [2.05, 4.69) is 15.5 Å². The van der Waals surface area contributed by atoms with Gasteiger partial charge < -0.3 is 5.11 Å².